The number of alkyl halides is 3. The van der Waals surface area contributed by atoms with Gasteiger partial charge in [0, 0.05) is 11.7 Å². The van der Waals surface area contributed by atoms with E-state index in [1.807, 2.05) is 0 Å². The van der Waals surface area contributed by atoms with Crippen molar-refractivity contribution >= 4 is 22.7 Å². The topological polar surface area (TPSA) is 39.1 Å². The first-order valence-electron chi connectivity index (χ1n) is 11.0. The lowest BCUT2D eigenvalue weighted by atomic mass is 9.70. The molecule has 0 saturated heterocycles. The maximum atomic E-state index is 12.5. The third-order valence-electron chi connectivity index (χ3n) is 6.20. The van der Waals surface area contributed by atoms with Gasteiger partial charge in [0.15, 0.2) is 0 Å². The number of hydrogen-bond donors (Lipinski definition) is 1. The monoisotopic (exact) mass is 445 g/mol. The Kier molecular flexibility index (Phi) is 5.63. The fraction of sp³-hybridized carbons (Fsp3) is 0.480. The number of halogens is 3. The minimum atomic E-state index is -4.71. The van der Waals surface area contributed by atoms with Gasteiger partial charge >= 0.3 is 6.36 Å². The summed E-state index contributed by atoms with van der Waals surface area (Å²) in [5.74, 6) is 1.07. The van der Waals surface area contributed by atoms with Crippen molar-refractivity contribution in [1.29, 1.82) is 0 Å². The molecule has 3 aromatic rings. The summed E-state index contributed by atoms with van der Waals surface area (Å²) in [6.07, 6.45) is -1.40. The molecular formula is C25H30F3N3O. The molecule has 1 saturated carbocycles. The van der Waals surface area contributed by atoms with Gasteiger partial charge in [0.05, 0.1) is 11.0 Å². The molecule has 32 heavy (non-hydrogen) atoms. The van der Waals surface area contributed by atoms with Gasteiger partial charge in [0.1, 0.15) is 5.75 Å². The molecule has 0 spiro atoms. The summed E-state index contributed by atoms with van der Waals surface area (Å²) in [5, 5.41) is 3.35. The van der Waals surface area contributed by atoms with Crippen molar-refractivity contribution in [2.24, 2.45) is 11.3 Å². The maximum Gasteiger partial charge on any atom is 0.573 e. The van der Waals surface area contributed by atoms with Crippen LogP contribution < -0.4 is 10.1 Å². The van der Waals surface area contributed by atoms with Gasteiger partial charge in [-0.3, -0.25) is 0 Å². The smallest absolute Gasteiger partial charge is 0.406 e. The Balaban J connectivity index is 1.74. The molecule has 0 bridgehead atoms. The van der Waals surface area contributed by atoms with Crippen LogP contribution in [0.4, 0.5) is 24.8 Å². The fourth-order valence-corrected chi connectivity index (χ4v) is 5.36. The van der Waals surface area contributed by atoms with Crippen LogP contribution in [0.2, 0.25) is 0 Å². The number of rotatable bonds is 4. The second-order valence-electron chi connectivity index (χ2n) is 10.0. The zero-order valence-corrected chi connectivity index (χ0v) is 19.2. The first-order chi connectivity index (χ1) is 14.9. The zero-order chi connectivity index (χ0) is 23.3. The Bertz CT molecular complexity index is 1120. The Labute approximate surface area is 186 Å². The average molecular weight is 446 g/mol. The minimum absolute atomic E-state index is 0.228. The Morgan fingerprint density at radius 3 is 2.41 bits per heavy atom. The quantitative estimate of drug-likeness (QED) is 0.448. The van der Waals surface area contributed by atoms with Gasteiger partial charge < -0.3 is 14.6 Å². The van der Waals surface area contributed by atoms with Gasteiger partial charge in [0.25, 0.3) is 0 Å². The number of aromatic nitrogens is 2. The van der Waals surface area contributed by atoms with Crippen molar-refractivity contribution in [3.63, 3.8) is 0 Å². The molecule has 1 N–H and O–H groups in total. The molecule has 1 heterocycles. The number of hydrogen-bond acceptors (Lipinski definition) is 3. The summed E-state index contributed by atoms with van der Waals surface area (Å²) in [6, 6.07) is 10.4. The van der Waals surface area contributed by atoms with Crippen molar-refractivity contribution < 1.29 is 17.9 Å². The average Bonchev–Trinajstić information content (AvgIpc) is 2.98. The molecule has 1 aromatic heterocycles. The molecule has 7 heteroatoms. The minimum Gasteiger partial charge on any atom is -0.406 e. The molecule has 0 radical (unpaired) electrons. The van der Waals surface area contributed by atoms with Gasteiger partial charge in [0.2, 0.25) is 5.95 Å². The first-order valence-corrected chi connectivity index (χ1v) is 11.0. The molecule has 1 fully saturated rings. The predicted molar refractivity (Wildman–Crippen MR) is 121 cm³/mol. The Hall–Kier alpha value is -2.70. The van der Waals surface area contributed by atoms with Crippen LogP contribution in [0.1, 0.15) is 57.2 Å². The number of anilines is 2. The lowest BCUT2D eigenvalue weighted by molar-refractivity contribution is -0.274. The van der Waals surface area contributed by atoms with E-state index in [1.165, 1.54) is 24.1 Å². The van der Waals surface area contributed by atoms with Crippen molar-refractivity contribution in [2.75, 3.05) is 5.32 Å². The molecule has 0 amide bonds. The molecule has 1 aliphatic carbocycles. The lowest BCUT2D eigenvalue weighted by Crippen LogP contribution is -2.29. The van der Waals surface area contributed by atoms with Crippen molar-refractivity contribution in [2.45, 2.75) is 66.3 Å². The van der Waals surface area contributed by atoms with Gasteiger partial charge in [-0.2, -0.15) is 0 Å². The molecule has 0 aliphatic heterocycles. The van der Waals surface area contributed by atoms with Gasteiger partial charge in [-0.05, 0) is 85.9 Å². The summed E-state index contributed by atoms with van der Waals surface area (Å²) >= 11 is 0. The highest BCUT2D eigenvalue weighted by Gasteiger charge is 2.35. The normalized spacial score (nSPS) is 21.0. The van der Waals surface area contributed by atoms with E-state index in [2.05, 4.69) is 61.4 Å². The van der Waals surface area contributed by atoms with E-state index in [0.717, 1.165) is 29.4 Å². The molecule has 2 atom stereocenters. The zero-order valence-electron chi connectivity index (χ0n) is 19.2. The molecule has 2 aromatic carbocycles. The second-order valence-corrected chi connectivity index (χ2v) is 10.0. The number of nitrogens with zero attached hydrogens (tertiary/aromatic N) is 2. The van der Waals surface area contributed by atoms with E-state index in [0.29, 0.717) is 17.6 Å². The SMILES string of the molecule is Cc1cc(C)c2nc(Nc3ccc(OC(F)(F)F)cc3)n(C3CC(C)CC(C)(C)C3)c2c1. The molecule has 1 aliphatic rings. The fourth-order valence-electron chi connectivity index (χ4n) is 5.36. The third kappa shape index (κ3) is 4.87. The molecule has 172 valence electrons. The van der Waals surface area contributed by atoms with Crippen LogP contribution in [0, 0.1) is 25.2 Å². The van der Waals surface area contributed by atoms with Crippen LogP contribution >= 0.6 is 0 Å². The van der Waals surface area contributed by atoms with Gasteiger partial charge in [-0.25, -0.2) is 4.98 Å². The molecule has 4 nitrogen and oxygen atoms in total. The van der Waals surface area contributed by atoms with Crippen molar-refractivity contribution in [1.82, 2.24) is 9.55 Å². The van der Waals surface area contributed by atoms with Crippen LogP contribution in [0.25, 0.3) is 11.0 Å². The summed E-state index contributed by atoms with van der Waals surface area (Å²) in [4.78, 5) is 4.92. The van der Waals surface area contributed by atoms with E-state index < -0.39 is 6.36 Å². The van der Waals surface area contributed by atoms with Crippen LogP contribution in [0.15, 0.2) is 36.4 Å². The summed E-state index contributed by atoms with van der Waals surface area (Å²) in [7, 11) is 0. The van der Waals surface area contributed by atoms with Crippen LogP contribution in [-0.4, -0.2) is 15.9 Å². The molecular weight excluding hydrogens is 415 g/mol. The first kappa shape index (κ1) is 22.5. The van der Waals surface area contributed by atoms with Crippen molar-refractivity contribution in [3.8, 4) is 5.75 Å². The van der Waals surface area contributed by atoms with E-state index in [-0.39, 0.29) is 17.2 Å². The van der Waals surface area contributed by atoms with E-state index in [1.54, 1.807) is 12.1 Å². The number of benzene rings is 2. The molecule has 4 rings (SSSR count). The predicted octanol–water partition coefficient (Wildman–Crippen LogP) is 7.68. The Morgan fingerprint density at radius 2 is 1.78 bits per heavy atom. The van der Waals surface area contributed by atoms with Crippen LogP contribution in [0.5, 0.6) is 5.75 Å². The number of fused-ring (bicyclic) bond motifs is 1. The standard InChI is InChI=1S/C25H30F3N3O/c1-15-10-17(3)22-21(12-15)31(19-11-16(2)13-24(4,5)14-19)23(30-22)29-18-6-8-20(9-7-18)32-25(26,27)28/h6-10,12,16,19H,11,13-14H2,1-5H3,(H,29,30). The number of imidazole rings is 1. The lowest BCUT2D eigenvalue weighted by Gasteiger charge is -2.40. The maximum absolute atomic E-state index is 12.5. The van der Waals surface area contributed by atoms with Crippen LogP contribution in [0.3, 0.4) is 0 Å². The van der Waals surface area contributed by atoms with E-state index in [4.69, 9.17) is 4.98 Å². The number of aryl methyl sites for hydroxylation is 2. The van der Waals surface area contributed by atoms with Crippen molar-refractivity contribution in [3.05, 3.63) is 47.5 Å². The van der Waals surface area contributed by atoms with Crippen LogP contribution in [-0.2, 0) is 0 Å². The second kappa shape index (κ2) is 8.01. The van der Waals surface area contributed by atoms with Gasteiger partial charge in [-0.15, -0.1) is 13.2 Å². The molecule has 2 unspecified atom stereocenters. The summed E-state index contributed by atoms with van der Waals surface area (Å²) < 4.78 is 43.7. The Morgan fingerprint density at radius 1 is 1.09 bits per heavy atom. The van der Waals surface area contributed by atoms with Gasteiger partial charge in [-0.1, -0.05) is 26.8 Å². The summed E-state index contributed by atoms with van der Waals surface area (Å²) in [6.45, 7) is 11.1. The number of ether oxygens (including phenoxy) is 1. The highest BCUT2D eigenvalue weighted by atomic mass is 19.4. The van der Waals surface area contributed by atoms with E-state index in [9.17, 15) is 13.2 Å². The number of nitrogens with one attached hydrogen (secondary N) is 1. The highest BCUT2D eigenvalue weighted by Crippen LogP contribution is 2.46. The largest absolute Gasteiger partial charge is 0.573 e. The third-order valence-corrected chi connectivity index (χ3v) is 6.20. The highest BCUT2D eigenvalue weighted by molar-refractivity contribution is 5.83. The van der Waals surface area contributed by atoms with E-state index >= 15 is 0 Å². The summed E-state index contributed by atoms with van der Waals surface area (Å²) in [5.41, 5.74) is 5.22.